The van der Waals surface area contributed by atoms with Gasteiger partial charge in [-0.1, -0.05) is 17.3 Å². The third-order valence-corrected chi connectivity index (χ3v) is 3.19. The average Bonchev–Trinajstić information content (AvgIpc) is 3.09. The first-order valence-corrected chi connectivity index (χ1v) is 7.29. The Bertz CT molecular complexity index is 887. The van der Waals surface area contributed by atoms with E-state index >= 15 is 0 Å². The molecule has 0 spiro atoms. The second kappa shape index (κ2) is 7.48. The molecule has 1 aromatic heterocycles. The van der Waals surface area contributed by atoms with E-state index in [1.54, 1.807) is 0 Å². The summed E-state index contributed by atoms with van der Waals surface area (Å²) in [5.74, 6) is -0.941. The van der Waals surface area contributed by atoms with Gasteiger partial charge in [0.1, 0.15) is 11.6 Å². The van der Waals surface area contributed by atoms with Crippen molar-refractivity contribution in [1.29, 1.82) is 0 Å². The molecule has 0 aliphatic carbocycles. The van der Waals surface area contributed by atoms with E-state index in [4.69, 9.17) is 9.26 Å². The van der Waals surface area contributed by atoms with Gasteiger partial charge in [-0.15, -0.1) is 0 Å². The monoisotopic (exact) mass is 342 g/mol. The minimum Gasteiger partial charge on any atom is -0.452 e. The van der Waals surface area contributed by atoms with Crippen molar-refractivity contribution in [2.45, 2.75) is 6.61 Å². The van der Waals surface area contributed by atoms with Crippen molar-refractivity contribution in [2.24, 2.45) is 0 Å². The Morgan fingerprint density at radius 2 is 1.68 bits per heavy atom. The Hall–Kier alpha value is -3.35. The molecule has 3 aromatic rings. The standard InChI is InChI=1S/C18H12F2N2O3/c19-14-6-1-12(2-7-14)3-10-17(23)24-11-16-21-18(22-25-16)13-4-8-15(20)9-5-13/h1-10H,11H2/b10-3+. The molecule has 7 heteroatoms. The van der Waals surface area contributed by atoms with Crippen LogP contribution in [0.25, 0.3) is 17.5 Å². The number of hydrogen-bond donors (Lipinski definition) is 0. The van der Waals surface area contributed by atoms with Crippen LogP contribution >= 0.6 is 0 Å². The zero-order valence-corrected chi connectivity index (χ0v) is 12.9. The summed E-state index contributed by atoms with van der Waals surface area (Å²) in [7, 11) is 0. The van der Waals surface area contributed by atoms with E-state index in [1.165, 1.54) is 60.7 Å². The van der Waals surface area contributed by atoms with Gasteiger partial charge in [0.05, 0.1) is 0 Å². The van der Waals surface area contributed by atoms with Gasteiger partial charge in [-0.05, 0) is 48.0 Å². The van der Waals surface area contributed by atoms with Gasteiger partial charge in [-0.3, -0.25) is 0 Å². The predicted octanol–water partition coefficient (Wildman–Crippen LogP) is 3.77. The molecule has 2 aromatic carbocycles. The van der Waals surface area contributed by atoms with Crippen LogP contribution in [-0.4, -0.2) is 16.1 Å². The van der Waals surface area contributed by atoms with E-state index in [9.17, 15) is 13.6 Å². The van der Waals surface area contributed by atoms with Crippen molar-refractivity contribution in [3.63, 3.8) is 0 Å². The third kappa shape index (κ3) is 4.57. The number of nitrogens with zero attached hydrogens (tertiary/aromatic N) is 2. The molecule has 0 atom stereocenters. The number of hydrogen-bond acceptors (Lipinski definition) is 5. The van der Waals surface area contributed by atoms with Crippen LogP contribution in [0.3, 0.4) is 0 Å². The molecule has 0 saturated carbocycles. The summed E-state index contributed by atoms with van der Waals surface area (Å²) in [4.78, 5) is 15.7. The lowest BCUT2D eigenvalue weighted by atomic mass is 10.2. The van der Waals surface area contributed by atoms with Crippen molar-refractivity contribution in [1.82, 2.24) is 10.1 Å². The van der Waals surface area contributed by atoms with Crippen LogP contribution in [-0.2, 0) is 16.1 Å². The second-order valence-electron chi connectivity index (χ2n) is 5.01. The largest absolute Gasteiger partial charge is 0.452 e. The minimum absolute atomic E-state index is 0.114. The van der Waals surface area contributed by atoms with E-state index < -0.39 is 5.97 Å². The van der Waals surface area contributed by atoms with E-state index in [2.05, 4.69) is 10.1 Å². The van der Waals surface area contributed by atoms with Gasteiger partial charge in [0.15, 0.2) is 6.61 Å². The summed E-state index contributed by atoms with van der Waals surface area (Å²) in [6.45, 7) is -0.194. The number of ether oxygens (including phenoxy) is 1. The van der Waals surface area contributed by atoms with Gasteiger partial charge in [-0.2, -0.15) is 4.98 Å². The van der Waals surface area contributed by atoms with E-state index in [1.807, 2.05) is 0 Å². The highest BCUT2D eigenvalue weighted by Gasteiger charge is 2.10. The van der Waals surface area contributed by atoms with Crippen molar-refractivity contribution >= 4 is 12.0 Å². The number of esters is 1. The summed E-state index contributed by atoms with van der Waals surface area (Å²) in [5, 5.41) is 3.74. The van der Waals surface area contributed by atoms with E-state index in [0.29, 0.717) is 11.1 Å². The maximum absolute atomic E-state index is 12.9. The smallest absolute Gasteiger partial charge is 0.331 e. The average molecular weight is 342 g/mol. The number of benzene rings is 2. The van der Waals surface area contributed by atoms with Crippen molar-refractivity contribution in [3.05, 3.63) is 77.7 Å². The van der Waals surface area contributed by atoms with Crippen molar-refractivity contribution < 1.29 is 22.8 Å². The number of halogens is 2. The molecule has 0 amide bonds. The van der Waals surface area contributed by atoms with Gasteiger partial charge >= 0.3 is 5.97 Å². The zero-order valence-electron chi connectivity index (χ0n) is 12.9. The van der Waals surface area contributed by atoms with E-state index in [0.717, 1.165) is 0 Å². The van der Waals surface area contributed by atoms with Crippen LogP contribution in [0, 0.1) is 11.6 Å². The molecule has 0 saturated heterocycles. The fourth-order valence-corrected chi connectivity index (χ4v) is 1.95. The minimum atomic E-state index is -0.606. The lowest BCUT2D eigenvalue weighted by molar-refractivity contribution is -0.139. The van der Waals surface area contributed by atoms with Gasteiger partial charge in [0.25, 0.3) is 5.89 Å². The highest BCUT2D eigenvalue weighted by molar-refractivity contribution is 5.86. The summed E-state index contributed by atoms with van der Waals surface area (Å²) in [6, 6.07) is 11.2. The number of carbonyl (C=O) groups excluding carboxylic acids is 1. The number of aromatic nitrogens is 2. The Labute approximate surface area is 141 Å². The fourth-order valence-electron chi connectivity index (χ4n) is 1.95. The van der Waals surface area contributed by atoms with Crippen molar-refractivity contribution in [3.8, 4) is 11.4 Å². The number of rotatable bonds is 5. The molecule has 0 fully saturated rings. The maximum atomic E-state index is 12.9. The van der Waals surface area contributed by atoms with Gasteiger partial charge in [0.2, 0.25) is 5.82 Å². The van der Waals surface area contributed by atoms with Gasteiger partial charge < -0.3 is 9.26 Å². The Morgan fingerprint density at radius 3 is 2.36 bits per heavy atom. The van der Waals surface area contributed by atoms with Crippen LogP contribution in [0.5, 0.6) is 0 Å². The summed E-state index contributed by atoms with van der Waals surface area (Å²) >= 11 is 0. The Kier molecular flexibility index (Phi) is 4.94. The van der Waals surface area contributed by atoms with Crippen LogP contribution in [0.1, 0.15) is 11.5 Å². The first-order chi connectivity index (χ1) is 12.1. The molecular weight excluding hydrogens is 330 g/mol. The topological polar surface area (TPSA) is 65.2 Å². The Balaban J connectivity index is 1.55. The molecule has 0 unspecified atom stereocenters. The van der Waals surface area contributed by atoms with Crippen LogP contribution in [0.2, 0.25) is 0 Å². The molecule has 1 heterocycles. The molecule has 25 heavy (non-hydrogen) atoms. The maximum Gasteiger partial charge on any atom is 0.331 e. The lowest BCUT2D eigenvalue weighted by Crippen LogP contribution is -2.00. The fraction of sp³-hybridized carbons (Fsp3) is 0.0556. The van der Waals surface area contributed by atoms with E-state index in [-0.39, 0.29) is 30.0 Å². The van der Waals surface area contributed by atoms with Crippen LogP contribution < -0.4 is 0 Å². The highest BCUT2D eigenvalue weighted by Crippen LogP contribution is 2.16. The third-order valence-electron chi connectivity index (χ3n) is 3.19. The number of carbonyl (C=O) groups is 1. The molecule has 0 aliphatic rings. The molecule has 0 N–H and O–H groups in total. The summed E-state index contributed by atoms with van der Waals surface area (Å²) in [6.07, 6.45) is 2.71. The van der Waals surface area contributed by atoms with Crippen LogP contribution in [0.15, 0.2) is 59.1 Å². The van der Waals surface area contributed by atoms with Crippen LogP contribution in [0.4, 0.5) is 8.78 Å². The van der Waals surface area contributed by atoms with Gasteiger partial charge in [-0.25, -0.2) is 13.6 Å². The zero-order chi connectivity index (χ0) is 17.6. The molecule has 0 bridgehead atoms. The molecule has 3 rings (SSSR count). The molecular formula is C18H12F2N2O3. The predicted molar refractivity (Wildman–Crippen MR) is 84.9 cm³/mol. The Morgan fingerprint density at radius 1 is 1.04 bits per heavy atom. The quantitative estimate of drug-likeness (QED) is 0.522. The molecule has 126 valence electrons. The lowest BCUT2D eigenvalue weighted by Gasteiger charge is -1.97. The second-order valence-corrected chi connectivity index (χ2v) is 5.01. The first-order valence-electron chi connectivity index (χ1n) is 7.29. The normalized spacial score (nSPS) is 11.0. The summed E-state index contributed by atoms with van der Waals surface area (Å²) in [5.41, 5.74) is 1.24. The van der Waals surface area contributed by atoms with Gasteiger partial charge in [0, 0.05) is 11.6 Å². The molecule has 5 nitrogen and oxygen atoms in total. The molecule has 0 aliphatic heterocycles. The molecule has 0 radical (unpaired) electrons. The SMILES string of the molecule is O=C(/C=C/c1ccc(F)cc1)OCc1nc(-c2ccc(F)cc2)no1. The van der Waals surface area contributed by atoms with Crippen molar-refractivity contribution in [2.75, 3.05) is 0 Å². The highest BCUT2D eigenvalue weighted by atomic mass is 19.1. The first kappa shape index (κ1) is 16.5. The summed E-state index contributed by atoms with van der Waals surface area (Å²) < 4.78 is 35.6.